The molecule has 0 unspecified atom stereocenters. The number of piperidine rings is 1. The van der Waals surface area contributed by atoms with E-state index in [0.717, 1.165) is 8.95 Å². The van der Waals surface area contributed by atoms with Gasteiger partial charge in [-0.05, 0) is 68.3 Å². The maximum Gasteiger partial charge on any atom is 0.246 e. The highest BCUT2D eigenvalue weighted by Crippen LogP contribution is 2.41. The van der Waals surface area contributed by atoms with Crippen LogP contribution in [0.25, 0.3) is 0 Å². The summed E-state index contributed by atoms with van der Waals surface area (Å²) in [6.45, 7) is 0.783. The monoisotopic (exact) mass is 734 g/mol. The number of nitrogens with zero attached hydrogens (tertiary/aromatic N) is 2. The molecule has 0 atom stereocenters. The molecule has 2 fully saturated rings. The average molecular weight is 738 g/mol. The van der Waals surface area contributed by atoms with Crippen molar-refractivity contribution >= 4 is 83.8 Å². The smallest absolute Gasteiger partial charge is 0.246 e. The van der Waals surface area contributed by atoms with Gasteiger partial charge in [0.05, 0.1) is 16.4 Å². The molecule has 2 aromatic rings. The summed E-state index contributed by atoms with van der Waals surface area (Å²) >= 11 is 13.3. The summed E-state index contributed by atoms with van der Waals surface area (Å²) < 4.78 is 64.5. The van der Waals surface area contributed by atoms with Crippen LogP contribution >= 0.6 is 63.7 Å². The molecule has 0 aromatic heterocycles. The van der Waals surface area contributed by atoms with Crippen molar-refractivity contribution in [2.45, 2.75) is 28.4 Å². The third-order valence-corrected chi connectivity index (χ3v) is 12.4. The van der Waals surface area contributed by atoms with E-state index in [1.54, 1.807) is 36.4 Å². The zero-order valence-corrected chi connectivity index (χ0v) is 24.4. The summed E-state index contributed by atoms with van der Waals surface area (Å²) in [5, 5.41) is 0. The van der Waals surface area contributed by atoms with Crippen LogP contribution in [0, 0.1) is 0 Å². The van der Waals surface area contributed by atoms with Gasteiger partial charge in [0.2, 0.25) is 20.0 Å². The molecule has 2 saturated heterocycles. The second-order valence-corrected chi connectivity index (χ2v) is 14.7. The maximum absolute atomic E-state index is 13.5. The van der Waals surface area contributed by atoms with Crippen LogP contribution in [0.2, 0.25) is 0 Å². The molecule has 7 nitrogen and oxygen atoms in total. The van der Waals surface area contributed by atoms with Crippen LogP contribution in [-0.4, -0.2) is 57.4 Å². The Bertz CT molecular complexity index is 1260. The van der Waals surface area contributed by atoms with E-state index < -0.39 is 25.8 Å². The molecule has 0 aliphatic carbocycles. The van der Waals surface area contributed by atoms with Crippen molar-refractivity contribution in [3.8, 4) is 0 Å². The summed E-state index contributed by atoms with van der Waals surface area (Å²) in [7, 11) is -7.59. The second-order valence-electron chi connectivity index (χ2n) is 7.43. The van der Waals surface area contributed by atoms with Crippen molar-refractivity contribution < 1.29 is 21.6 Å². The summed E-state index contributed by atoms with van der Waals surface area (Å²) in [4.78, 5) is 0.326. The molecule has 0 radical (unpaired) electrons. The number of ether oxygens (including phenoxy) is 1. The van der Waals surface area contributed by atoms with Gasteiger partial charge in [0.25, 0.3) is 0 Å². The Balaban J connectivity index is 1.59. The number of hydrogen-bond donors (Lipinski definition) is 0. The predicted molar refractivity (Wildman–Crippen MR) is 134 cm³/mol. The van der Waals surface area contributed by atoms with Crippen molar-refractivity contribution in [3.63, 3.8) is 0 Å². The van der Waals surface area contributed by atoms with Crippen LogP contribution in [0.5, 0.6) is 0 Å². The fraction of sp³-hybridized carbons (Fsp3) is 0.368. The van der Waals surface area contributed by atoms with Gasteiger partial charge in [-0.15, -0.1) is 0 Å². The standard InChI is InChI=1S/C19H18Br4N2O5S2/c20-13-1-3-17(15(22)11-13)31(26,27)24-7-5-19(6-8-24)25(9-10-30-19)32(28,29)18-4-2-14(21)12-16(18)23/h1-4,11-12H,5-10H2. The van der Waals surface area contributed by atoms with E-state index in [1.165, 1.54) is 8.61 Å². The van der Waals surface area contributed by atoms with Crippen LogP contribution in [0.4, 0.5) is 0 Å². The van der Waals surface area contributed by atoms with E-state index in [1.807, 2.05) is 0 Å². The molecule has 0 N–H and O–H groups in total. The van der Waals surface area contributed by atoms with Crippen molar-refractivity contribution in [2.24, 2.45) is 0 Å². The Labute approximate surface area is 221 Å². The molecule has 2 aliphatic rings. The SMILES string of the molecule is O=S(=O)(c1ccc(Br)cc1Br)N1CCC2(CC1)OCCN2S(=O)(=O)c1ccc(Br)cc1Br. The summed E-state index contributed by atoms with van der Waals surface area (Å²) in [6.07, 6.45) is 0.488. The van der Waals surface area contributed by atoms with Gasteiger partial charge < -0.3 is 4.74 Å². The Hall–Kier alpha value is 0.140. The molecule has 32 heavy (non-hydrogen) atoms. The van der Waals surface area contributed by atoms with Crippen LogP contribution in [0.3, 0.4) is 0 Å². The minimum atomic E-state index is -3.85. The Morgan fingerprint density at radius 1 is 0.750 bits per heavy atom. The molecular weight excluding hydrogens is 720 g/mol. The fourth-order valence-corrected chi connectivity index (χ4v) is 10.6. The maximum atomic E-state index is 13.5. The van der Waals surface area contributed by atoms with Crippen molar-refractivity contribution in [1.82, 2.24) is 8.61 Å². The summed E-state index contributed by atoms with van der Waals surface area (Å²) in [5.74, 6) is 0. The first-order valence-electron chi connectivity index (χ1n) is 9.54. The Morgan fingerprint density at radius 2 is 1.25 bits per heavy atom. The van der Waals surface area contributed by atoms with Gasteiger partial charge in [-0.1, -0.05) is 31.9 Å². The minimum absolute atomic E-state index is 0.151. The quantitative estimate of drug-likeness (QED) is 0.445. The van der Waals surface area contributed by atoms with Gasteiger partial charge in [-0.2, -0.15) is 8.61 Å². The zero-order valence-electron chi connectivity index (χ0n) is 16.5. The highest BCUT2D eigenvalue weighted by molar-refractivity contribution is 9.11. The lowest BCUT2D eigenvalue weighted by Crippen LogP contribution is -2.55. The van der Waals surface area contributed by atoms with E-state index >= 15 is 0 Å². The lowest BCUT2D eigenvalue weighted by Gasteiger charge is -2.42. The Morgan fingerprint density at radius 3 is 1.75 bits per heavy atom. The Kier molecular flexibility index (Phi) is 7.34. The van der Waals surface area contributed by atoms with Gasteiger partial charge >= 0.3 is 0 Å². The highest BCUT2D eigenvalue weighted by atomic mass is 79.9. The van der Waals surface area contributed by atoms with Gasteiger partial charge in [-0.3, -0.25) is 0 Å². The largest absolute Gasteiger partial charge is 0.358 e. The third-order valence-electron chi connectivity index (χ3n) is 5.60. The molecule has 13 heteroatoms. The lowest BCUT2D eigenvalue weighted by molar-refractivity contribution is -0.0806. The molecule has 0 amide bonds. The molecule has 0 saturated carbocycles. The van der Waals surface area contributed by atoms with E-state index in [0.29, 0.717) is 8.95 Å². The molecular formula is C19H18Br4N2O5S2. The number of benzene rings is 2. The van der Waals surface area contributed by atoms with Crippen LogP contribution < -0.4 is 0 Å². The van der Waals surface area contributed by atoms with Crippen LogP contribution in [0.15, 0.2) is 64.1 Å². The normalized spacial score (nSPS) is 20.1. The highest BCUT2D eigenvalue weighted by Gasteiger charge is 2.52. The first-order chi connectivity index (χ1) is 15.0. The van der Waals surface area contributed by atoms with Gasteiger partial charge in [-0.25, -0.2) is 16.8 Å². The van der Waals surface area contributed by atoms with E-state index in [9.17, 15) is 16.8 Å². The zero-order chi connectivity index (χ0) is 23.3. The fourth-order valence-electron chi connectivity index (χ4n) is 4.03. The van der Waals surface area contributed by atoms with Gasteiger partial charge in [0.15, 0.2) is 0 Å². The first kappa shape index (κ1) is 25.2. The van der Waals surface area contributed by atoms with E-state index in [2.05, 4.69) is 63.7 Å². The van der Waals surface area contributed by atoms with E-state index in [4.69, 9.17) is 4.74 Å². The van der Waals surface area contributed by atoms with Crippen LogP contribution in [0.1, 0.15) is 12.8 Å². The first-order valence-corrected chi connectivity index (χ1v) is 15.6. The van der Waals surface area contributed by atoms with Crippen molar-refractivity contribution in [1.29, 1.82) is 0 Å². The van der Waals surface area contributed by atoms with Crippen molar-refractivity contribution in [3.05, 3.63) is 54.3 Å². The molecule has 174 valence electrons. The molecule has 2 aromatic carbocycles. The van der Waals surface area contributed by atoms with Crippen molar-refractivity contribution in [2.75, 3.05) is 26.2 Å². The third kappa shape index (κ3) is 4.53. The minimum Gasteiger partial charge on any atom is -0.358 e. The van der Waals surface area contributed by atoms with E-state index in [-0.39, 0.29) is 48.9 Å². The number of sulfonamides is 2. The lowest BCUT2D eigenvalue weighted by atomic mass is 10.0. The number of halogens is 4. The number of rotatable bonds is 4. The molecule has 0 bridgehead atoms. The second kappa shape index (κ2) is 9.30. The summed E-state index contributed by atoms with van der Waals surface area (Å²) in [6, 6.07) is 9.80. The molecule has 1 spiro atoms. The van der Waals surface area contributed by atoms with Gasteiger partial charge in [0.1, 0.15) is 5.72 Å². The predicted octanol–water partition coefficient (Wildman–Crippen LogP) is 4.94. The topological polar surface area (TPSA) is 84.0 Å². The molecule has 4 rings (SSSR count). The van der Waals surface area contributed by atoms with Crippen LogP contribution in [-0.2, 0) is 24.8 Å². The van der Waals surface area contributed by atoms with Gasteiger partial charge in [0, 0.05) is 50.4 Å². The summed E-state index contributed by atoms with van der Waals surface area (Å²) in [5.41, 5.74) is -1.06. The molecule has 2 aliphatic heterocycles. The average Bonchev–Trinajstić information content (AvgIpc) is 3.11. The molecule has 2 heterocycles. The number of hydrogen-bond acceptors (Lipinski definition) is 5.